The van der Waals surface area contributed by atoms with Crippen LogP contribution in [0, 0.1) is 0 Å². The first kappa shape index (κ1) is 16.5. The van der Waals surface area contributed by atoms with Crippen molar-refractivity contribution in [3.63, 3.8) is 0 Å². The van der Waals surface area contributed by atoms with Gasteiger partial charge in [0.2, 0.25) is 5.91 Å². The SMILES string of the molecule is O=C(CN1CCOC1=O)N[C@H]1CCCN2CCC[C@@H]12.O=CO. The minimum atomic E-state index is -0.374. The number of carbonyl (C=O) groups excluding carboxylic acids is 2. The maximum Gasteiger partial charge on any atom is 0.410 e. The first-order valence-electron chi connectivity index (χ1n) is 7.68. The van der Waals surface area contributed by atoms with Crippen LogP contribution < -0.4 is 5.32 Å². The number of piperidine rings is 1. The van der Waals surface area contributed by atoms with E-state index in [1.807, 2.05) is 0 Å². The summed E-state index contributed by atoms with van der Waals surface area (Å²) in [5, 5.41) is 10.00. The van der Waals surface area contributed by atoms with E-state index in [0.717, 1.165) is 25.9 Å². The molecule has 0 aliphatic carbocycles. The molecule has 3 heterocycles. The Labute approximate surface area is 129 Å². The average molecular weight is 313 g/mol. The molecule has 0 aromatic carbocycles. The number of ether oxygens (including phenoxy) is 1. The van der Waals surface area contributed by atoms with E-state index in [-0.39, 0.29) is 31.1 Å². The molecule has 2 atom stereocenters. The molecule has 3 aliphatic rings. The van der Waals surface area contributed by atoms with Crippen molar-refractivity contribution >= 4 is 18.5 Å². The predicted octanol–water partition coefficient (Wildman–Crippen LogP) is -0.118. The average Bonchev–Trinajstić information content (AvgIpc) is 3.10. The highest BCUT2D eigenvalue weighted by Gasteiger charge is 2.35. The van der Waals surface area contributed by atoms with Gasteiger partial charge in [0.15, 0.2) is 0 Å². The molecule has 0 saturated carbocycles. The summed E-state index contributed by atoms with van der Waals surface area (Å²) in [5.41, 5.74) is 0. The summed E-state index contributed by atoms with van der Waals surface area (Å²) in [6, 6.07) is 0.755. The topological polar surface area (TPSA) is 99.2 Å². The summed E-state index contributed by atoms with van der Waals surface area (Å²) < 4.78 is 4.82. The first-order chi connectivity index (χ1) is 10.7. The molecule has 0 aromatic heterocycles. The Hall–Kier alpha value is -1.83. The van der Waals surface area contributed by atoms with Crippen LogP contribution in [0.15, 0.2) is 0 Å². The van der Waals surface area contributed by atoms with E-state index in [0.29, 0.717) is 19.2 Å². The Morgan fingerprint density at radius 1 is 1.32 bits per heavy atom. The number of hydrogen-bond acceptors (Lipinski definition) is 5. The normalized spacial score (nSPS) is 27.5. The van der Waals surface area contributed by atoms with E-state index < -0.39 is 0 Å². The van der Waals surface area contributed by atoms with Gasteiger partial charge in [-0.1, -0.05) is 0 Å². The molecule has 3 rings (SSSR count). The van der Waals surface area contributed by atoms with E-state index in [1.165, 1.54) is 17.7 Å². The zero-order valence-electron chi connectivity index (χ0n) is 12.6. The van der Waals surface area contributed by atoms with Gasteiger partial charge in [0.1, 0.15) is 13.2 Å². The van der Waals surface area contributed by atoms with Crippen molar-refractivity contribution in [3.8, 4) is 0 Å². The number of nitrogens with zero attached hydrogens (tertiary/aromatic N) is 2. The zero-order chi connectivity index (χ0) is 15.9. The molecule has 3 aliphatic heterocycles. The Morgan fingerprint density at radius 3 is 2.64 bits per heavy atom. The highest BCUT2D eigenvalue weighted by molar-refractivity contribution is 5.83. The Morgan fingerprint density at radius 2 is 2.00 bits per heavy atom. The molecule has 2 amide bonds. The third kappa shape index (κ3) is 4.09. The fourth-order valence-electron chi connectivity index (χ4n) is 3.46. The number of nitrogens with one attached hydrogen (secondary N) is 1. The molecule has 0 spiro atoms. The lowest BCUT2D eigenvalue weighted by Crippen LogP contribution is -2.54. The standard InChI is InChI=1S/C13H21N3O3.CH2O2/c17-12(9-16-7-8-19-13(16)18)14-10-3-1-5-15-6-2-4-11(10)15;2-1-3/h10-11H,1-9H2,(H,14,17);1H,(H,2,3)/t10-,11-;/m0./s1. The fourth-order valence-corrected chi connectivity index (χ4v) is 3.46. The van der Waals surface area contributed by atoms with Gasteiger partial charge in [-0.15, -0.1) is 0 Å². The largest absolute Gasteiger partial charge is 0.483 e. The van der Waals surface area contributed by atoms with Crippen molar-refractivity contribution in [2.24, 2.45) is 0 Å². The molecule has 8 nitrogen and oxygen atoms in total. The van der Waals surface area contributed by atoms with Crippen LogP contribution in [0.1, 0.15) is 25.7 Å². The Kier molecular flexibility index (Phi) is 6.00. The molecule has 0 bridgehead atoms. The van der Waals surface area contributed by atoms with Crippen molar-refractivity contribution in [2.45, 2.75) is 37.8 Å². The molecule has 3 fully saturated rings. The van der Waals surface area contributed by atoms with Gasteiger partial charge in [0, 0.05) is 12.1 Å². The number of carbonyl (C=O) groups is 3. The third-order valence-electron chi connectivity index (χ3n) is 4.36. The van der Waals surface area contributed by atoms with Crippen LogP contribution in [0.5, 0.6) is 0 Å². The Balaban J connectivity index is 0.000000545. The molecular formula is C14H23N3O5. The van der Waals surface area contributed by atoms with Crippen LogP contribution in [0.25, 0.3) is 0 Å². The lowest BCUT2D eigenvalue weighted by molar-refractivity contribution is -0.123. The number of fused-ring (bicyclic) bond motifs is 1. The van der Waals surface area contributed by atoms with Gasteiger partial charge < -0.3 is 15.2 Å². The zero-order valence-corrected chi connectivity index (χ0v) is 12.6. The van der Waals surface area contributed by atoms with Crippen molar-refractivity contribution in [2.75, 3.05) is 32.8 Å². The maximum absolute atomic E-state index is 12.0. The lowest BCUT2D eigenvalue weighted by atomic mass is 9.96. The van der Waals surface area contributed by atoms with Crippen LogP contribution >= 0.6 is 0 Å². The summed E-state index contributed by atoms with van der Waals surface area (Å²) >= 11 is 0. The van der Waals surface area contributed by atoms with Crippen molar-refractivity contribution < 1.29 is 24.2 Å². The van der Waals surface area contributed by atoms with Crippen molar-refractivity contribution in [1.29, 1.82) is 0 Å². The van der Waals surface area contributed by atoms with Gasteiger partial charge in [-0.3, -0.25) is 19.4 Å². The van der Waals surface area contributed by atoms with E-state index in [4.69, 9.17) is 14.6 Å². The van der Waals surface area contributed by atoms with Crippen LogP contribution in [-0.2, 0) is 14.3 Å². The highest BCUT2D eigenvalue weighted by Crippen LogP contribution is 2.27. The maximum atomic E-state index is 12.0. The second-order valence-corrected chi connectivity index (χ2v) is 5.70. The van der Waals surface area contributed by atoms with E-state index >= 15 is 0 Å². The lowest BCUT2D eigenvalue weighted by Gasteiger charge is -2.37. The Bertz CT molecular complexity index is 417. The van der Waals surface area contributed by atoms with Gasteiger partial charge in [-0.2, -0.15) is 0 Å². The minimum absolute atomic E-state index is 0.0578. The number of carboxylic acid groups (broad SMARTS) is 1. The summed E-state index contributed by atoms with van der Waals surface area (Å²) in [5.74, 6) is -0.0578. The van der Waals surface area contributed by atoms with E-state index in [2.05, 4.69) is 10.2 Å². The molecule has 3 saturated heterocycles. The fraction of sp³-hybridized carbons (Fsp3) is 0.786. The number of amides is 2. The number of cyclic esters (lactones) is 1. The molecule has 0 radical (unpaired) electrons. The predicted molar refractivity (Wildman–Crippen MR) is 77.4 cm³/mol. The molecule has 124 valence electrons. The van der Waals surface area contributed by atoms with Crippen LogP contribution in [0.4, 0.5) is 4.79 Å². The van der Waals surface area contributed by atoms with E-state index in [1.54, 1.807) is 0 Å². The number of hydrogen-bond donors (Lipinski definition) is 2. The molecule has 8 heteroatoms. The van der Waals surface area contributed by atoms with Gasteiger partial charge in [0.05, 0.1) is 6.54 Å². The summed E-state index contributed by atoms with van der Waals surface area (Å²) in [6.45, 7) is 3.12. The summed E-state index contributed by atoms with van der Waals surface area (Å²) in [7, 11) is 0. The minimum Gasteiger partial charge on any atom is -0.483 e. The van der Waals surface area contributed by atoms with Crippen LogP contribution in [-0.4, -0.2) is 78.2 Å². The monoisotopic (exact) mass is 313 g/mol. The van der Waals surface area contributed by atoms with Gasteiger partial charge >= 0.3 is 6.09 Å². The highest BCUT2D eigenvalue weighted by atomic mass is 16.6. The van der Waals surface area contributed by atoms with Gasteiger partial charge in [-0.05, 0) is 38.8 Å². The summed E-state index contributed by atoms with van der Waals surface area (Å²) in [6.07, 6.45) is 4.23. The molecule has 0 aromatic rings. The summed E-state index contributed by atoms with van der Waals surface area (Å²) in [4.78, 5) is 35.6. The second-order valence-electron chi connectivity index (χ2n) is 5.70. The van der Waals surface area contributed by atoms with Crippen molar-refractivity contribution in [1.82, 2.24) is 15.1 Å². The van der Waals surface area contributed by atoms with Crippen molar-refractivity contribution in [3.05, 3.63) is 0 Å². The van der Waals surface area contributed by atoms with Crippen LogP contribution in [0.3, 0.4) is 0 Å². The van der Waals surface area contributed by atoms with E-state index in [9.17, 15) is 9.59 Å². The second kappa shape index (κ2) is 7.98. The third-order valence-corrected chi connectivity index (χ3v) is 4.36. The molecular weight excluding hydrogens is 290 g/mol. The van der Waals surface area contributed by atoms with Gasteiger partial charge in [-0.25, -0.2) is 4.79 Å². The molecule has 2 N–H and O–H groups in total. The first-order valence-corrected chi connectivity index (χ1v) is 7.68. The smallest absolute Gasteiger partial charge is 0.410 e. The quantitative estimate of drug-likeness (QED) is 0.705. The molecule has 0 unspecified atom stereocenters. The number of rotatable bonds is 3. The molecule has 22 heavy (non-hydrogen) atoms. The van der Waals surface area contributed by atoms with Crippen LogP contribution in [0.2, 0.25) is 0 Å². The van der Waals surface area contributed by atoms with Gasteiger partial charge in [0.25, 0.3) is 6.47 Å².